The second-order valence-corrected chi connectivity index (χ2v) is 3.92. The van der Waals surface area contributed by atoms with Gasteiger partial charge in [0.15, 0.2) is 11.6 Å². The van der Waals surface area contributed by atoms with Crippen molar-refractivity contribution in [3.05, 3.63) is 63.7 Å². The normalized spacial score (nSPS) is 10.2. The van der Waals surface area contributed by atoms with Gasteiger partial charge in [-0.25, -0.2) is 13.6 Å². The lowest BCUT2D eigenvalue weighted by molar-refractivity contribution is -0.385. The van der Waals surface area contributed by atoms with Crippen molar-refractivity contribution >= 4 is 11.7 Å². The molecule has 1 N–H and O–H groups in total. The first-order chi connectivity index (χ1) is 9.88. The Labute approximate surface area is 116 Å². The predicted octanol–water partition coefficient (Wildman–Crippen LogP) is 3.36. The molecule has 0 fully saturated rings. The van der Waals surface area contributed by atoms with E-state index in [9.17, 15) is 23.7 Å². The largest absolute Gasteiger partial charge is 0.477 e. The molecule has 0 bridgehead atoms. The summed E-state index contributed by atoms with van der Waals surface area (Å²) >= 11 is 0. The Bertz CT molecular complexity index is 732. The van der Waals surface area contributed by atoms with Crippen LogP contribution in [0.3, 0.4) is 0 Å². The van der Waals surface area contributed by atoms with Crippen LogP contribution in [0.4, 0.5) is 14.5 Å². The highest BCUT2D eigenvalue weighted by Gasteiger charge is 2.21. The molecule has 2 aromatic carbocycles. The standard InChI is InChI=1S/C13H7F2NO5/c14-7-1-4-12(10(15)5-7)21-8-2-3-11(16(19)20)9(6-8)13(17)18/h1-6H,(H,17,18). The van der Waals surface area contributed by atoms with E-state index in [-0.39, 0.29) is 11.5 Å². The summed E-state index contributed by atoms with van der Waals surface area (Å²) in [5.41, 5.74) is -1.21. The van der Waals surface area contributed by atoms with Crippen LogP contribution in [-0.4, -0.2) is 16.0 Å². The molecular formula is C13H7F2NO5. The van der Waals surface area contributed by atoms with Crippen LogP contribution in [0.25, 0.3) is 0 Å². The van der Waals surface area contributed by atoms with Gasteiger partial charge in [0, 0.05) is 18.2 Å². The lowest BCUT2D eigenvalue weighted by Crippen LogP contribution is -2.03. The third-order valence-corrected chi connectivity index (χ3v) is 2.52. The molecule has 0 aliphatic heterocycles. The van der Waals surface area contributed by atoms with Gasteiger partial charge < -0.3 is 9.84 Å². The summed E-state index contributed by atoms with van der Waals surface area (Å²) in [5.74, 6) is -3.75. The average molecular weight is 295 g/mol. The fourth-order valence-corrected chi connectivity index (χ4v) is 1.59. The highest BCUT2D eigenvalue weighted by molar-refractivity contribution is 5.92. The van der Waals surface area contributed by atoms with E-state index in [0.717, 1.165) is 30.3 Å². The average Bonchev–Trinajstić information content (AvgIpc) is 2.41. The molecule has 8 heteroatoms. The number of nitro benzene ring substituents is 1. The molecule has 0 aromatic heterocycles. The zero-order valence-electron chi connectivity index (χ0n) is 10.2. The van der Waals surface area contributed by atoms with Crippen molar-refractivity contribution in [2.45, 2.75) is 0 Å². The van der Waals surface area contributed by atoms with Crippen molar-refractivity contribution < 1.29 is 28.3 Å². The molecule has 0 unspecified atom stereocenters. The van der Waals surface area contributed by atoms with Gasteiger partial charge in [-0.2, -0.15) is 0 Å². The summed E-state index contributed by atoms with van der Waals surface area (Å²) in [6, 6.07) is 5.52. The number of nitro groups is 1. The maximum Gasteiger partial charge on any atom is 0.342 e. The number of carbonyl (C=O) groups is 1. The van der Waals surface area contributed by atoms with Crippen molar-refractivity contribution in [1.29, 1.82) is 0 Å². The SMILES string of the molecule is O=C(O)c1cc(Oc2ccc(F)cc2F)ccc1[N+](=O)[O-]. The predicted molar refractivity (Wildman–Crippen MR) is 66.5 cm³/mol. The van der Waals surface area contributed by atoms with Crippen molar-refractivity contribution in [3.63, 3.8) is 0 Å². The van der Waals surface area contributed by atoms with Gasteiger partial charge in [0.25, 0.3) is 5.69 Å². The van der Waals surface area contributed by atoms with Crippen molar-refractivity contribution in [2.75, 3.05) is 0 Å². The molecule has 0 amide bonds. The fourth-order valence-electron chi connectivity index (χ4n) is 1.59. The first kappa shape index (κ1) is 14.4. The van der Waals surface area contributed by atoms with E-state index in [1.165, 1.54) is 0 Å². The molecule has 0 aliphatic carbocycles. The van der Waals surface area contributed by atoms with Crippen LogP contribution < -0.4 is 4.74 Å². The number of ether oxygens (including phenoxy) is 1. The van der Waals surface area contributed by atoms with Gasteiger partial charge in [0.05, 0.1) is 4.92 Å². The van der Waals surface area contributed by atoms with Gasteiger partial charge in [-0.05, 0) is 18.2 Å². The number of hydrogen-bond donors (Lipinski definition) is 1. The van der Waals surface area contributed by atoms with E-state index >= 15 is 0 Å². The van der Waals surface area contributed by atoms with Crippen LogP contribution in [-0.2, 0) is 0 Å². The molecule has 6 nitrogen and oxygen atoms in total. The zero-order chi connectivity index (χ0) is 15.6. The molecule has 0 saturated carbocycles. The number of benzene rings is 2. The van der Waals surface area contributed by atoms with Gasteiger partial charge >= 0.3 is 5.97 Å². The first-order valence-electron chi connectivity index (χ1n) is 5.53. The Morgan fingerprint density at radius 1 is 1.19 bits per heavy atom. The van der Waals surface area contributed by atoms with E-state index in [1.807, 2.05) is 0 Å². The number of aromatic carboxylic acids is 1. The summed E-state index contributed by atoms with van der Waals surface area (Å²) in [7, 11) is 0. The number of carboxylic acids is 1. The Morgan fingerprint density at radius 2 is 1.90 bits per heavy atom. The van der Waals surface area contributed by atoms with Crippen LogP contribution in [0.1, 0.15) is 10.4 Å². The van der Waals surface area contributed by atoms with E-state index in [1.54, 1.807) is 0 Å². The van der Waals surface area contributed by atoms with Crippen molar-refractivity contribution in [3.8, 4) is 11.5 Å². The fraction of sp³-hybridized carbons (Fsp3) is 0. The first-order valence-corrected chi connectivity index (χ1v) is 5.53. The molecule has 0 aliphatic rings. The van der Waals surface area contributed by atoms with Gasteiger partial charge in [-0.3, -0.25) is 10.1 Å². The number of hydrogen-bond acceptors (Lipinski definition) is 4. The second-order valence-electron chi connectivity index (χ2n) is 3.92. The number of nitrogens with zero attached hydrogens (tertiary/aromatic N) is 1. The summed E-state index contributed by atoms with van der Waals surface area (Å²) < 4.78 is 31.2. The van der Waals surface area contributed by atoms with Gasteiger partial charge in [0.1, 0.15) is 17.1 Å². The third-order valence-electron chi connectivity index (χ3n) is 2.52. The Morgan fingerprint density at radius 3 is 2.48 bits per heavy atom. The van der Waals surface area contributed by atoms with Crippen LogP contribution in [0.15, 0.2) is 36.4 Å². The second kappa shape index (κ2) is 5.53. The molecule has 21 heavy (non-hydrogen) atoms. The summed E-state index contributed by atoms with van der Waals surface area (Å²) in [5, 5.41) is 19.6. The minimum atomic E-state index is -1.52. The molecule has 108 valence electrons. The molecule has 0 radical (unpaired) electrons. The highest BCUT2D eigenvalue weighted by atomic mass is 19.1. The van der Waals surface area contributed by atoms with Crippen molar-refractivity contribution in [1.82, 2.24) is 0 Å². The zero-order valence-corrected chi connectivity index (χ0v) is 10.2. The lowest BCUT2D eigenvalue weighted by atomic mass is 10.1. The number of halogens is 2. The summed E-state index contributed by atoms with van der Waals surface area (Å²) in [6.07, 6.45) is 0. The van der Waals surface area contributed by atoms with E-state index in [0.29, 0.717) is 6.07 Å². The molecule has 0 heterocycles. The third kappa shape index (κ3) is 3.11. The van der Waals surface area contributed by atoms with Gasteiger partial charge in [0.2, 0.25) is 0 Å². The monoisotopic (exact) mass is 295 g/mol. The molecule has 2 rings (SSSR count). The smallest absolute Gasteiger partial charge is 0.342 e. The summed E-state index contributed by atoms with van der Waals surface area (Å²) in [6.45, 7) is 0. The van der Waals surface area contributed by atoms with E-state index in [2.05, 4.69) is 0 Å². The quantitative estimate of drug-likeness (QED) is 0.690. The van der Waals surface area contributed by atoms with Gasteiger partial charge in [-0.15, -0.1) is 0 Å². The molecule has 0 atom stereocenters. The van der Waals surface area contributed by atoms with Crippen molar-refractivity contribution in [2.24, 2.45) is 0 Å². The minimum absolute atomic E-state index is 0.122. The Kier molecular flexibility index (Phi) is 3.79. The molecular weight excluding hydrogens is 288 g/mol. The lowest BCUT2D eigenvalue weighted by Gasteiger charge is -2.07. The minimum Gasteiger partial charge on any atom is -0.477 e. The molecule has 0 spiro atoms. The molecule has 0 saturated heterocycles. The maximum atomic E-state index is 13.4. The Hall–Kier alpha value is -3.03. The molecule has 2 aromatic rings. The van der Waals surface area contributed by atoms with Crippen LogP contribution >= 0.6 is 0 Å². The highest BCUT2D eigenvalue weighted by Crippen LogP contribution is 2.29. The number of rotatable bonds is 4. The Balaban J connectivity index is 2.39. The topological polar surface area (TPSA) is 89.7 Å². The van der Waals surface area contributed by atoms with Crippen LogP contribution in [0, 0.1) is 21.7 Å². The van der Waals surface area contributed by atoms with Crippen LogP contribution in [0.2, 0.25) is 0 Å². The van der Waals surface area contributed by atoms with E-state index < -0.39 is 33.8 Å². The number of carboxylic acid groups (broad SMARTS) is 1. The van der Waals surface area contributed by atoms with Crippen LogP contribution in [0.5, 0.6) is 11.5 Å². The van der Waals surface area contributed by atoms with E-state index in [4.69, 9.17) is 9.84 Å². The maximum absolute atomic E-state index is 13.4. The summed E-state index contributed by atoms with van der Waals surface area (Å²) in [4.78, 5) is 20.8. The van der Waals surface area contributed by atoms with Gasteiger partial charge in [-0.1, -0.05) is 0 Å².